The summed E-state index contributed by atoms with van der Waals surface area (Å²) >= 11 is 0. The highest BCUT2D eigenvalue weighted by Gasteiger charge is 2.54. The molecule has 1 aliphatic rings. The number of carbonyl (C=O) groups excluding carboxylic acids is 1. The summed E-state index contributed by atoms with van der Waals surface area (Å²) in [4.78, 5) is 42.1. The molecule has 0 saturated carbocycles. The summed E-state index contributed by atoms with van der Waals surface area (Å²) in [7, 11) is 1.50. The van der Waals surface area contributed by atoms with E-state index in [-0.39, 0.29) is 18.5 Å². The van der Waals surface area contributed by atoms with Crippen LogP contribution in [-0.2, 0) is 14.3 Å². The number of aromatic nitrogens is 2. The number of nitrogens with one attached hydrogen (secondary N) is 3. The van der Waals surface area contributed by atoms with Crippen LogP contribution in [0.3, 0.4) is 0 Å². The molecule has 4 atom stereocenters. The molecular weight excluding hydrogens is 394 g/mol. The topological polar surface area (TPSA) is 147 Å². The Labute approximate surface area is 174 Å². The van der Waals surface area contributed by atoms with Gasteiger partial charge in [-0.15, -0.1) is 0 Å². The first kappa shape index (κ1) is 23.8. The van der Waals surface area contributed by atoms with Crippen LogP contribution in [-0.4, -0.2) is 64.5 Å². The lowest BCUT2D eigenvalue weighted by Gasteiger charge is -2.30. The van der Waals surface area contributed by atoms with E-state index in [0.717, 1.165) is 12.8 Å². The number of aliphatic hydroxyl groups is 1. The summed E-state index contributed by atoms with van der Waals surface area (Å²) in [5.74, 6) is -0.162. The first-order chi connectivity index (χ1) is 14.2. The van der Waals surface area contributed by atoms with Crippen LogP contribution >= 0.6 is 0 Å². The second kappa shape index (κ2) is 10.0. The molecule has 168 valence electrons. The van der Waals surface area contributed by atoms with Crippen molar-refractivity contribution in [2.24, 2.45) is 4.99 Å². The predicted octanol–water partition coefficient (Wildman–Crippen LogP) is -0.610. The van der Waals surface area contributed by atoms with Crippen molar-refractivity contribution in [1.82, 2.24) is 20.2 Å². The number of hydrogen-bond acceptors (Lipinski definition) is 7. The molecular formula is C19H31N5O6. The minimum absolute atomic E-state index is 0.168. The number of aromatic amines is 1. The number of rotatable bonds is 7. The number of carbonyl (C=O) groups is 1. The van der Waals surface area contributed by atoms with Gasteiger partial charge in [0.15, 0.2) is 12.2 Å². The highest BCUT2D eigenvalue weighted by Crippen LogP contribution is 2.38. The van der Waals surface area contributed by atoms with Crippen molar-refractivity contribution in [3.63, 3.8) is 0 Å². The third-order valence-corrected chi connectivity index (χ3v) is 4.98. The SMILES string of the molecule is CCCCOC1[C@H](NC(=NC)NC(C)=O)[C@H](n2cc(C)c(=O)[nH]c2=O)O[C@]1(C)CO. The summed E-state index contributed by atoms with van der Waals surface area (Å²) in [6, 6.07) is -0.701. The Hall–Kier alpha value is -2.50. The number of amides is 1. The van der Waals surface area contributed by atoms with E-state index in [4.69, 9.17) is 9.47 Å². The summed E-state index contributed by atoms with van der Waals surface area (Å²) < 4.78 is 13.4. The van der Waals surface area contributed by atoms with E-state index in [0.29, 0.717) is 12.2 Å². The molecule has 30 heavy (non-hydrogen) atoms. The number of unbranched alkanes of at least 4 members (excludes halogenated alkanes) is 1. The van der Waals surface area contributed by atoms with Crippen molar-refractivity contribution < 1.29 is 19.4 Å². The standard InChI is InChI=1S/C19H31N5O6/c1-6-7-8-29-14-13(22-17(20-5)21-12(3)26)16(30-19(14,4)10-25)24-9-11(2)15(27)23-18(24)28/h9,13-14,16,25H,6-8,10H2,1-5H3,(H,23,27,28)(H2,20,21,22,26)/t13-,14?,16+,19+/m0/s1. The van der Waals surface area contributed by atoms with Crippen molar-refractivity contribution >= 4 is 11.9 Å². The molecule has 11 nitrogen and oxygen atoms in total. The van der Waals surface area contributed by atoms with Crippen LogP contribution in [0, 0.1) is 6.92 Å². The van der Waals surface area contributed by atoms with Gasteiger partial charge in [-0.25, -0.2) is 4.79 Å². The number of aliphatic hydroxyl groups excluding tert-OH is 1. The first-order valence-corrected chi connectivity index (χ1v) is 9.90. The Morgan fingerprint density at radius 2 is 2.17 bits per heavy atom. The van der Waals surface area contributed by atoms with Gasteiger partial charge < -0.3 is 19.9 Å². The fraction of sp³-hybridized carbons (Fsp3) is 0.684. The zero-order chi connectivity index (χ0) is 22.5. The molecule has 0 aliphatic carbocycles. The fourth-order valence-electron chi connectivity index (χ4n) is 3.34. The molecule has 0 aromatic carbocycles. The van der Waals surface area contributed by atoms with E-state index < -0.39 is 35.2 Å². The third-order valence-electron chi connectivity index (χ3n) is 4.98. The Morgan fingerprint density at radius 3 is 2.73 bits per heavy atom. The summed E-state index contributed by atoms with van der Waals surface area (Å²) in [5, 5.41) is 15.7. The molecule has 4 N–H and O–H groups in total. The lowest BCUT2D eigenvalue weighted by Crippen LogP contribution is -2.55. The number of aliphatic imine (C=N–C) groups is 1. The Kier molecular flexibility index (Phi) is 7.93. The summed E-state index contributed by atoms with van der Waals surface area (Å²) in [5.41, 5.74) is -1.97. The van der Waals surface area contributed by atoms with E-state index in [1.54, 1.807) is 13.8 Å². The zero-order valence-electron chi connectivity index (χ0n) is 18.0. The smallest absolute Gasteiger partial charge is 0.330 e. The van der Waals surface area contributed by atoms with Crippen molar-refractivity contribution in [3.8, 4) is 0 Å². The Morgan fingerprint density at radius 1 is 1.47 bits per heavy atom. The van der Waals surface area contributed by atoms with Crippen molar-refractivity contribution in [3.05, 3.63) is 32.6 Å². The number of H-pyrrole nitrogens is 1. The average Bonchev–Trinajstić information content (AvgIpc) is 2.96. The minimum Gasteiger partial charge on any atom is -0.393 e. The van der Waals surface area contributed by atoms with Gasteiger partial charge in [0.25, 0.3) is 5.56 Å². The van der Waals surface area contributed by atoms with E-state index in [1.807, 2.05) is 6.92 Å². The maximum absolute atomic E-state index is 12.5. The van der Waals surface area contributed by atoms with Crippen LogP contribution < -0.4 is 21.9 Å². The van der Waals surface area contributed by atoms with E-state index >= 15 is 0 Å². The molecule has 1 fully saturated rings. The molecule has 1 aromatic heterocycles. The minimum atomic E-state index is -1.14. The molecule has 0 bridgehead atoms. The van der Waals surface area contributed by atoms with E-state index in [2.05, 4.69) is 20.6 Å². The molecule has 0 spiro atoms. The van der Waals surface area contributed by atoms with Crippen LogP contribution in [0.4, 0.5) is 0 Å². The normalized spacial score (nSPS) is 26.6. The van der Waals surface area contributed by atoms with Crippen molar-refractivity contribution in [1.29, 1.82) is 0 Å². The van der Waals surface area contributed by atoms with Gasteiger partial charge in [0, 0.05) is 32.3 Å². The largest absolute Gasteiger partial charge is 0.393 e. The summed E-state index contributed by atoms with van der Waals surface area (Å²) in [6.45, 7) is 6.68. The van der Waals surface area contributed by atoms with Gasteiger partial charge in [-0.3, -0.25) is 29.4 Å². The number of guanidine groups is 1. The Bertz CT molecular complexity index is 894. The quantitative estimate of drug-likeness (QED) is 0.259. The van der Waals surface area contributed by atoms with Crippen LogP contribution in [0.15, 0.2) is 20.8 Å². The second-order valence-electron chi connectivity index (χ2n) is 7.53. The third kappa shape index (κ3) is 5.15. The van der Waals surface area contributed by atoms with Crippen molar-refractivity contribution in [2.75, 3.05) is 20.3 Å². The fourth-order valence-corrected chi connectivity index (χ4v) is 3.34. The molecule has 1 aliphatic heterocycles. The number of ether oxygens (including phenoxy) is 2. The van der Waals surface area contributed by atoms with Gasteiger partial charge in [0.2, 0.25) is 5.91 Å². The van der Waals surface area contributed by atoms with E-state index in [9.17, 15) is 19.5 Å². The van der Waals surface area contributed by atoms with Gasteiger partial charge >= 0.3 is 5.69 Å². The predicted molar refractivity (Wildman–Crippen MR) is 110 cm³/mol. The van der Waals surface area contributed by atoms with Gasteiger partial charge in [-0.1, -0.05) is 13.3 Å². The van der Waals surface area contributed by atoms with Gasteiger partial charge in [0.1, 0.15) is 17.7 Å². The van der Waals surface area contributed by atoms with E-state index in [1.165, 1.54) is 24.7 Å². The van der Waals surface area contributed by atoms with Crippen LogP contribution in [0.1, 0.15) is 45.4 Å². The molecule has 2 rings (SSSR count). The highest BCUT2D eigenvalue weighted by molar-refractivity contribution is 5.96. The van der Waals surface area contributed by atoms with Crippen LogP contribution in [0.25, 0.3) is 0 Å². The van der Waals surface area contributed by atoms with Crippen LogP contribution in [0.5, 0.6) is 0 Å². The summed E-state index contributed by atoms with van der Waals surface area (Å²) in [6.07, 6.45) is 1.49. The second-order valence-corrected chi connectivity index (χ2v) is 7.53. The van der Waals surface area contributed by atoms with Gasteiger partial charge in [-0.05, 0) is 20.3 Å². The molecule has 1 aromatic rings. The molecule has 1 saturated heterocycles. The lowest BCUT2D eigenvalue weighted by molar-refractivity contribution is -0.130. The monoisotopic (exact) mass is 425 g/mol. The number of hydrogen-bond donors (Lipinski definition) is 4. The Balaban J connectivity index is 2.51. The molecule has 2 heterocycles. The van der Waals surface area contributed by atoms with Gasteiger partial charge in [0.05, 0.1) is 6.61 Å². The maximum Gasteiger partial charge on any atom is 0.330 e. The highest BCUT2D eigenvalue weighted by atomic mass is 16.6. The molecule has 1 unspecified atom stereocenters. The molecule has 1 amide bonds. The van der Waals surface area contributed by atoms with Gasteiger partial charge in [-0.2, -0.15) is 0 Å². The average molecular weight is 425 g/mol. The molecule has 0 radical (unpaired) electrons. The lowest BCUT2D eigenvalue weighted by atomic mass is 9.96. The first-order valence-electron chi connectivity index (χ1n) is 9.90. The number of aryl methyl sites for hydroxylation is 1. The zero-order valence-corrected chi connectivity index (χ0v) is 18.0. The molecule has 11 heteroatoms. The van der Waals surface area contributed by atoms with Crippen LogP contribution in [0.2, 0.25) is 0 Å². The maximum atomic E-state index is 12.5. The van der Waals surface area contributed by atoms with Crippen molar-refractivity contribution in [2.45, 2.75) is 64.5 Å². The number of nitrogens with zero attached hydrogens (tertiary/aromatic N) is 2.